The third kappa shape index (κ3) is 3.06. The molecule has 2 heterocycles. The van der Waals surface area contributed by atoms with Crippen LogP contribution in [0.3, 0.4) is 0 Å². The third-order valence-corrected chi connectivity index (χ3v) is 5.13. The standard InChI is InChI=1S/C18H22N4O2/c23-17(14-5-4-6-16(9-14)22-12-19-20-13-22)21-15-10-18(24-11-15)7-2-1-3-8-18/h4-6,9,12-13,15H,1-3,7-8,10-11H2,(H,21,23)/t15-/m0/s1. The van der Waals surface area contributed by atoms with Crippen LogP contribution >= 0.6 is 0 Å². The first-order valence-electron chi connectivity index (χ1n) is 8.64. The summed E-state index contributed by atoms with van der Waals surface area (Å²) < 4.78 is 7.86. The van der Waals surface area contributed by atoms with Crippen molar-refractivity contribution in [1.82, 2.24) is 20.1 Å². The normalized spacial score (nSPS) is 22.6. The minimum absolute atomic E-state index is 0.0144. The number of ether oxygens (including phenoxy) is 1. The Morgan fingerprint density at radius 2 is 2.00 bits per heavy atom. The maximum absolute atomic E-state index is 12.6. The molecule has 0 unspecified atom stereocenters. The van der Waals surface area contributed by atoms with Crippen molar-refractivity contribution in [3.05, 3.63) is 42.5 Å². The molecule has 1 saturated heterocycles. The molecule has 1 aliphatic carbocycles. The minimum Gasteiger partial charge on any atom is -0.373 e. The molecule has 0 radical (unpaired) electrons. The fourth-order valence-electron chi connectivity index (χ4n) is 3.89. The molecular formula is C18H22N4O2. The third-order valence-electron chi connectivity index (χ3n) is 5.13. The highest BCUT2D eigenvalue weighted by Crippen LogP contribution is 2.39. The number of carbonyl (C=O) groups is 1. The molecular weight excluding hydrogens is 304 g/mol. The van der Waals surface area contributed by atoms with Crippen LogP contribution in [0.15, 0.2) is 36.9 Å². The number of aromatic nitrogens is 3. The predicted molar refractivity (Wildman–Crippen MR) is 89.0 cm³/mol. The van der Waals surface area contributed by atoms with Gasteiger partial charge in [-0.05, 0) is 37.5 Å². The summed E-state index contributed by atoms with van der Waals surface area (Å²) in [4.78, 5) is 12.6. The van der Waals surface area contributed by atoms with E-state index in [1.54, 1.807) is 17.2 Å². The van der Waals surface area contributed by atoms with Crippen molar-refractivity contribution >= 4 is 5.91 Å². The fraction of sp³-hybridized carbons (Fsp3) is 0.500. The van der Waals surface area contributed by atoms with Crippen LogP contribution in [0.4, 0.5) is 0 Å². The first-order chi connectivity index (χ1) is 11.7. The number of nitrogens with one attached hydrogen (secondary N) is 1. The van der Waals surface area contributed by atoms with Crippen LogP contribution < -0.4 is 5.32 Å². The van der Waals surface area contributed by atoms with Crippen LogP contribution in [-0.2, 0) is 4.74 Å². The van der Waals surface area contributed by atoms with Crippen molar-refractivity contribution in [2.24, 2.45) is 0 Å². The van der Waals surface area contributed by atoms with E-state index in [1.807, 2.05) is 24.3 Å². The zero-order valence-electron chi connectivity index (χ0n) is 13.6. The minimum atomic E-state index is -0.0496. The molecule has 1 spiro atoms. The lowest BCUT2D eigenvalue weighted by molar-refractivity contribution is -0.0246. The van der Waals surface area contributed by atoms with Crippen molar-refractivity contribution in [3.63, 3.8) is 0 Å². The molecule has 1 amide bonds. The first-order valence-corrected chi connectivity index (χ1v) is 8.64. The topological polar surface area (TPSA) is 69.0 Å². The average molecular weight is 326 g/mol. The molecule has 1 aromatic carbocycles. The molecule has 4 rings (SSSR count). The molecule has 24 heavy (non-hydrogen) atoms. The van der Waals surface area contributed by atoms with E-state index < -0.39 is 0 Å². The molecule has 126 valence electrons. The summed E-state index contributed by atoms with van der Waals surface area (Å²) in [5.74, 6) is -0.0496. The van der Waals surface area contributed by atoms with Gasteiger partial charge in [0, 0.05) is 11.3 Å². The van der Waals surface area contributed by atoms with Crippen LogP contribution in [0.25, 0.3) is 5.69 Å². The van der Waals surface area contributed by atoms with Gasteiger partial charge in [-0.25, -0.2) is 0 Å². The Balaban J connectivity index is 1.42. The van der Waals surface area contributed by atoms with E-state index in [4.69, 9.17) is 4.74 Å². The van der Waals surface area contributed by atoms with Gasteiger partial charge in [0.15, 0.2) is 0 Å². The summed E-state index contributed by atoms with van der Waals surface area (Å²) in [6.07, 6.45) is 10.2. The Labute approximate surface area is 141 Å². The van der Waals surface area contributed by atoms with Gasteiger partial charge in [-0.3, -0.25) is 9.36 Å². The van der Waals surface area contributed by atoms with E-state index >= 15 is 0 Å². The highest BCUT2D eigenvalue weighted by Gasteiger charge is 2.41. The molecule has 0 bridgehead atoms. The molecule has 2 fully saturated rings. The summed E-state index contributed by atoms with van der Waals surface area (Å²) in [6.45, 7) is 0.622. The van der Waals surface area contributed by atoms with Crippen molar-refractivity contribution in [1.29, 1.82) is 0 Å². The monoisotopic (exact) mass is 326 g/mol. The molecule has 6 nitrogen and oxygen atoms in total. The van der Waals surface area contributed by atoms with Gasteiger partial charge in [-0.2, -0.15) is 0 Å². The van der Waals surface area contributed by atoms with Gasteiger partial charge in [0.25, 0.3) is 5.91 Å². The summed E-state index contributed by atoms with van der Waals surface area (Å²) >= 11 is 0. The Bertz CT molecular complexity index is 708. The van der Waals surface area contributed by atoms with Gasteiger partial charge < -0.3 is 10.1 Å². The lowest BCUT2D eigenvalue weighted by Gasteiger charge is -2.32. The zero-order chi connectivity index (χ0) is 16.4. The summed E-state index contributed by atoms with van der Waals surface area (Å²) in [5.41, 5.74) is 1.53. The van der Waals surface area contributed by atoms with Crippen molar-refractivity contribution in [3.8, 4) is 5.69 Å². The second-order valence-corrected chi connectivity index (χ2v) is 6.85. The van der Waals surface area contributed by atoms with E-state index in [0.29, 0.717) is 12.2 Å². The largest absolute Gasteiger partial charge is 0.373 e. The smallest absolute Gasteiger partial charge is 0.251 e. The average Bonchev–Trinajstić information content (AvgIpc) is 3.27. The second kappa shape index (κ2) is 6.36. The molecule has 2 aliphatic rings. The number of carbonyl (C=O) groups excluding carboxylic acids is 1. The molecule has 2 aromatic rings. The SMILES string of the molecule is O=C(N[C@@H]1COC2(CCCCC2)C1)c1cccc(-n2cnnc2)c1. The van der Waals surface area contributed by atoms with Crippen LogP contribution in [0.2, 0.25) is 0 Å². The molecule has 1 aromatic heterocycles. The van der Waals surface area contributed by atoms with E-state index in [2.05, 4.69) is 15.5 Å². The quantitative estimate of drug-likeness (QED) is 0.941. The van der Waals surface area contributed by atoms with Crippen LogP contribution in [0, 0.1) is 0 Å². The number of hydrogen-bond donors (Lipinski definition) is 1. The Hall–Kier alpha value is -2.21. The van der Waals surface area contributed by atoms with E-state index in [1.165, 1.54) is 19.3 Å². The summed E-state index contributed by atoms with van der Waals surface area (Å²) in [6, 6.07) is 7.59. The number of benzene rings is 1. The number of nitrogens with zero attached hydrogens (tertiary/aromatic N) is 3. The van der Waals surface area contributed by atoms with Crippen LogP contribution in [0.1, 0.15) is 48.9 Å². The van der Waals surface area contributed by atoms with Crippen molar-refractivity contribution in [2.75, 3.05) is 6.61 Å². The van der Waals surface area contributed by atoms with E-state index in [-0.39, 0.29) is 17.6 Å². The molecule has 1 N–H and O–H groups in total. The predicted octanol–water partition coefficient (Wildman–Crippen LogP) is 2.49. The van der Waals surface area contributed by atoms with Crippen LogP contribution in [0.5, 0.6) is 0 Å². The molecule has 6 heteroatoms. The van der Waals surface area contributed by atoms with Gasteiger partial charge >= 0.3 is 0 Å². The number of amides is 1. The van der Waals surface area contributed by atoms with Crippen LogP contribution in [-0.4, -0.2) is 38.9 Å². The maximum atomic E-state index is 12.6. The molecule has 1 saturated carbocycles. The maximum Gasteiger partial charge on any atom is 0.251 e. The highest BCUT2D eigenvalue weighted by molar-refractivity contribution is 5.95. The number of hydrogen-bond acceptors (Lipinski definition) is 4. The fourth-order valence-corrected chi connectivity index (χ4v) is 3.89. The van der Waals surface area contributed by atoms with Gasteiger partial charge in [0.2, 0.25) is 0 Å². The Morgan fingerprint density at radius 3 is 2.79 bits per heavy atom. The molecule has 1 atom stereocenters. The van der Waals surface area contributed by atoms with Crippen molar-refractivity contribution < 1.29 is 9.53 Å². The van der Waals surface area contributed by atoms with Gasteiger partial charge in [-0.1, -0.05) is 25.3 Å². The lowest BCUT2D eigenvalue weighted by atomic mass is 9.82. The van der Waals surface area contributed by atoms with E-state index in [0.717, 1.165) is 24.9 Å². The zero-order valence-corrected chi connectivity index (χ0v) is 13.6. The first kappa shape index (κ1) is 15.3. The van der Waals surface area contributed by atoms with Gasteiger partial charge in [0.1, 0.15) is 12.7 Å². The van der Waals surface area contributed by atoms with Gasteiger partial charge in [-0.15, -0.1) is 10.2 Å². The van der Waals surface area contributed by atoms with Gasteiger partial charge in [0.05, 0.1) is 18.2 Å². The highest BCUT2D eigenvalue weighted by atomic mass is 16.5. The number of rotatable bonds is 3. The summed E-state index contributed by atoms with van der Waals surface area (Å²) in [5, 5.41) is 10.7. The Morgan fingerprint density at radius 1 is 1.21 bits per heavy atom. The van der Waals surface area contributed by atoms with E-state index in [9.17, 15) is 4.79 Å². The Kier molecular flexibility index (Phi) is 4.06. The lowest BCUT2D eigenvalue weighted by Crippen LogP contribution is -2.37. The summed E-state index contributed by atoms with van der Waals surface area (Å²) in [7, 11) is 0. The molecule has 1 aliphatic heterocycles. The van der Waals surface area contributed by atoms with Crippen molar-refractivity contribution in [2.45, 2.75) is 50.2 Å². The second-order valence-electron chi connectivity index (χ2n) is 6.85.